The Morgan fingerprint density at radius 3 is 3.00 bits per heavy atom. The highest BCUT2D eigenvalue weighted by Crippen LogP contribution is 2.17. The van der Waals surface area contributed by atoms with E-state index < -0.39 is 5.97 Å². The fourth-order valence-corrected chi connectivity index (χ4v) is 1.64. The lowest BCUT2D eigenvalue weighted by Crippen LogP contribution is -2.07. The second-order valence-corrected chi connectivity index (χ2v) is 3.86. The Balaban J connectivity index is 2.70. The van der Waals surface area contributed by atoms with E-state index in [0.717, 1.165) is 10.2 Å². The fourth-order valence-electron chi connectivity index (χ4n) is 1.30. The molecule has 0 saturated carbocycles. The van der Waals surface area contributed by atoms with Gasteiger partial charge in [0.05, 0.1) is 17.8 Å². The van der Waals surface area contributed by atoms with Crippen LogP contribution in [-0.4, -0.2) is 27.7 Å². The minimum atomic E-state index is -0.450. The zero-order valence-electron chi connectivity index (χ0n) is 8.19. The normalized spacial score (nSPS) is 10.6. The van der Waals surface area contributed by atoms with Crippen LogP contribution in [0.3, 0.4) is 0 Å². The summed E-state index contributed by atoms with van der Waals surface area (Å²) in [6, 6.07) is 1.64. The third kappa shape index (κ3) is 1.61. The summed E-state index contributed by atoms with van der Waals surface area (Å²) in [4.78, 5) is 15.5. The summed E-state index contributed by atoms with van der Waals surface area (Å²) < 4.78 is 7.01. The molecule has 2 aromatic rings. The van der Waals surface area contributed by atoms with E-state index in [1.54, 1.807) is 16.8 Å². The first-order valence-corrected chi connectivity index (χ1v) is 5.02. The van der Waals surface area contributed by atoms with Crippen LogP contribution >= 0.6 is 15.9 Å². The van der Waals surface area contributed by atoms with Crippen LogP contribution in [0.25, 0.3) is 5.65 Å². The molecule has 78 valence electrons. The molecule has 0 saturated heterocycles. The van der Waals surface area contributed by atoms with E-state index in [4.69, 9.17) is 0 Å². The molecule has 0 aromatic carbocycles. The molecule has 0 unspecified atom stereocenters. The Kier molecular flexibility index (Phi) is 2.44. The number of ether oxygens (including phenoxy) is 1. The van der Waals surface area contributed by atoms with E-state index in [9.17, 15) is 4.79 Å². The average molecular weight is 270 g/mol. The first kappa shape index (κ1) is 10.1. The molecule has 0 radical (unpaired) electrons. The van der Waals surface area contributed by atoms with Crippen LogP contribution in [0, 0.1) is 6.92 Å². The molecule has 5 nitrogen and oxygen atoms in total. The number of nitrogens with zero attached hydrogens (tertiary/aromatic N) is 3. The van der Waals surface area contributed by atoms with Crippen LogP contribution in [-0.2, 0) is 4.74 Å². The quantitative estimate of drug-likeness (QED) is 0.738. The molecule has 2 aromatic heterocycles. The molecule has 15 heavy (non-hydrogen) atoms. The van der Waals surface area contributed by atoms with E-state index in [-0.39, 0.29) is 5.69 Å². The average Bonchev–Trinajstić information content (AvgIpc) is 2.60. The number of aromatic nitrogens is 3. The summed E-state index contributed by atoms with van der Waals surface area (Å²) in [5.74, 6) is -0.450. The van der Waals surface area contributed by atoms with Gasteiger partial charge >= 0.3 is 5.97 Å². The van der Waals surface area contributed by atoms with Gasteiger partial charge in [-0.3, -0.25) is 0 Å². The third-order valence-corrected chi connectivity index (χ3v) is 2.56. The molecule has 0 atom stereocenters. The molecule has 2 heterocycles. The number of halogens is 1. The van der Waals surface area contributed by atoms with Gasteiger partial charge < -0.3 is 4.74 Å². The zero-order chi connectivity index (χ0) is 11.0. The van der Waals surface area contributed by atoms with Crippen molar-refractivity contribution in [2.24, 2.45) is 0 Å². The summed E-state index contributed by atoms with van der Waals surface area (Å²) in [6.45, 7) is 1.85. The van der Waals surface area contributed by atoms with Gasteiger partial charge in [-0.2, -0.15) is 5.10 Å². The molecular weight excluding hydrogens is 262 g/mol. The van der Waals surface area contributed by atoms with E-state index in [2.05, 4.69) is 30.7 Å². The number of carbonyl (C=O) groups excluding carboxylic acids is 1. The van der Waals surface area contributed by atoms with E-state index >= 15 is 0 Å². The molecule has 0 fully saturated rings. The van der Waals surface area contributed by atoms with Crippen molar-refractivity contribution in [3.63, 3.8) is 0 Å². The van der Waals surface area contributed by atoms with Gasteiger partial charge in [-0.15, -0.1) is 0 Å². The number of aryl methyl sites for hydroxylation is 1. The van der Waals surface area contributed by atoms with Crippen molar-refractivity contribution < 1.29 is 9.53 Å². The van der Waals surface area contributed by atoms with Gasteiger partial charge in [-0.05, 0) is 28.9 Å². The molecular formula is C9H8BrN3O2. The summed E-state index contributed by atoms with van der Waals surface area (Å²) in [7, 11) is 1.33. The number of carbonyl (C=O) groups is 1. The van der Waals surface area contributed by atoms with Crippen molar-refractivity contribution in [3.8, 4) is 0 Å². The number of esters is 1. The Labute approximate surface area is 94.2 Å². The van der Waals surface area contributed by atoms with Gasteiger partial charge in [0.1, 0.15) is 0 Å². The molecule has 6 heteroatoms. The van der Waals surface area contributed by atoms with E-state index in [1.165, 1.54) is 7.11 Å². The third-order valence-electron chi connectivity index (χ3n) is 2.00. The zero-order valence-corrected chi connectivity index (χ0v) is 9.78. The summed E-state index contributed by atoms with van der Waals surface area (Å²) in [5, 5.41) is 4.10. The van der Waals surface area contributed by atoms with Gasteiger partial charge in [0.2, 0.25) is 0 Å². The number of fused-ring (bicyclic) bond motifs is 1. The molecule has 0 aliphatic carbocycles. The predicted octanol–water partition coefficient (Wildman–Crippen LogP) is 1.59. The largest absolute Gasteiger partial charge is 0.464 e. The highest BCUT2D eigenvalue weighted by atomic mass is 79.9. The Morgan fingerprint density at radius 2 is 2.33 bits per heavy atom. The number of rotatable bonds is 1. The van der Waals surface area contributed by atoms with Crippen molar-refractivity contribution in [1.29, 1.82) is 0 Å². The Morgan fingerprint density at radius 1 is 1.60 bits per heavy atom. The minimum Gasteiger partial charge on any atom is -0.464 e. The van der Waals surface area contributed by atoms with Crippen LogP contribution in [0.4, 0.5) is 0 Å². The Hall–Kier alpha value is -1.43. The first-order chi connectivity index (χ1) is 7.13. The summed E-state index contributed by atoms with van der Waals surface area (Å²) in [5.41, 5.74) is 1.71. The Bertz CT molecular complexity index is 535. The maximum atomic E-state index is 11.3. The van der Waals surface area contributed by atoms with Crippen LogP contribution in [0.15, 0.2) is 16.7 Å². The molecule has 0 N–H and O–H groups in total. The second kappa shape index (κ2) is 3.62. The molecule has 0 aliphatic rings. The van der Waals surface area contributed by atoms with Crippen molar-refractivity contribution in [2.45, 2.75) is 6.92 Å². The van der Waals surface area contributed by atoms with Crippen molar-refractivity contribution in [2.75, 3.05) is 7.11 Å². The van der Waals surface area contributed by atoms with Crippen LogP contribution in [0.5, 0.6) is 0 Å². The van der Waals surface area contributed by atoms with Gasteiger partial charge in [-0.1, -0.05) is 0 Å². The molecule has 0 amide bonds. The summed E-state index contributed by atoms with van der Waals surface area (Å²) in [6.07, 6.45) is 1.64. The highest BCUT2D eigenvalue weighted by Gasteiger charge is 2.12. The minimum absolute atomic E-state index is 0.281. The lowest BCUT2D eigenvalue weighted by atomic mass is 10.3. The predicted molar refractivity (Wildman–Crippen MR) is 56.8 cm³/mol. The fraction of sp³-hybridized carbons (Fsp3) is 0.222. The topological polar surface area (TPSA) is 56.5 Å². The second-order valence-electron chi connectivity index (χ2n) is 3.00. The standard InChI is InChI=1S/C9H8BrN3O2/c1-5-3-7(9(14)15-2)12-8-6(10)4-11-13(5)8/h3-4H,1-2H3. The van der Waals surface area contributed by atoms with Crippen LogP contribution in [0.2, 0.25) is 0 Å². The van der Waals surface area contributed by atoms with Gasteiger partial charge in [0.15, 0.2) is 11.3 Å². The SMILES string of the molecule is COC(=O)c1cc(C)n2ncc(Br)c2n1. The van der Waals surface area contributed by atoms with Crippen molar-refractivity contribution in [3.05, 3.63) is 28.1 Å². The van der Waals surface area contributed by atoms with E-state index in [0.29, 0.717) is 5.65 Å². The van der Waals surface area contributed by atoms with Crippen molar-refractivity contribution in [1.82, 2.24) is 14.6 Å². The molecule has 0 aliphatic heterocycles. The maximum absolute atomic E-state index is 11.3. The molecule has 2 rings (SSSR count). The lowest BCUT2D eigenvalue weighted by Gasteiger charge is -2.02. The lowest BCUT2D eigenvalue weighted by molar-refractivity contribution is 0.0594. The number of hydrogen-bond acceptors (Lipinski definition) is 4. The van der Waals surface area contributed by atoms with Crippen LogP contribution in [0.1, 0.15) is 16.2 Å². The highest BCUT2D eigenvalue weighted by molar-refractivity contribution is 9.10. The number of hydrogen-bond donors (Lipinski definition) is 0. The monoisotopic (exact) mass is 269 g/mol. The maximum Gasteiger partial charge on any atom is 0.356 e. The van der Waals surface area contributed by atoms with Gasteiger partial charge in [0, 0.05) is 5.69 Å². The van der Waals surface area contributed by atoms with Gasteiger partial charge in [0.25, 0.3) is 0 Å². The van der Waals surface area contributed by atoms with Crippen LogP contribution < -0.4 is 0 Å². The first-order valence-electron chi connectivity index (χ1n) is 4.22. The van der Waals surface area contributed by atoms with Crippen molar-refractivity contribution >= 4 is 27.5 Å². The smallest absolute Gasteiger partial charge is 0.356 e. The van der Waals surface area contributed by atoms with Gasteiger partial charge in [-0.25, -0.2) is 14.3 Å². The van der Waals surface area contributed by atoms with E-state index in [1.807, 2.05) is 6.92 Å². The molecule has 0 spiro atoms. The molecule has 0 bridgehead atoms. The summed E-state index contributed by atoms with van der Waals surface area (Å²) >= 11 is 3.31. The number of methoxy groups -OCH3 is 1.